The van der Waals surface area contributed by atoms with Crippen molar-refractivity contribution >= 4 is 34.6 Å². The molecule has 1 rings (SSSR count). The molecule has 0 saturated carbocycles. The van der Waals surface area contributed by atoms with Gasteiger partial charge in [0.15, 0.2) is 0 Å². The molecule has 4 nitrogen and oxygen atoms in total. The molecule has 0 unspecified atom stereocenters. The second kappa shape index (κ2) is 4.50. The summed E-state index contributed by atoms with van der Waals surface area (Å²) in [5, 5.41) is 7.27. The van der Waals surface area contributed by atoms with Gasteiger partial charge in [-0.1, -0.05) is 0 Å². The molecule has 5 heteroatoms. The summed E-state index contributed by atoms with van der Waals surface area (Å²) in [5.74, 6) is 0. The Labute approximate surface area is 91.0 Å². The van der Waals surface area contributed by atoms with E-state index in [1.165, 1.54) is 12.7 Å². The molecular weight excluding hydrogens is 279 g/mol. The van der Waals surface area contributed by atoms with Crippen LogP contribution in [0.15, 0.2) is 12.5 Å². The first kappa shape index (κ1) is 10.4. The van der Waals surface area contributed by atoms with Crippen molar-refractivity contribution in [1.29, 1.82) is 5.41 Å². The van der Waals surface area contributed by atoms with Gasteiger partial charge >= 0.3 is 0 Å². The van der Waals surface area contributed by atoms with Crippen molar-refractivity contribution in [1.82, 2.24) is 9.97 Å². The number of aromatic nitrogens is 2. The summed E-state index contributed by atoms with van der Waals surface area (Å²) < 4.78 is 0.866. The van der Waals surface area contributed by atoms with Gasteiger partial charge < -0.3 is 4.90 Å². The summed E-state index contributed by atoms with van der Waals surface area (Å²) in [5.41, 5.74) is 0.883. The second-order valence-electron chi connectivity index (χ2n) is 2.83. The quantitative estimate of drug-likeness (QED) is 0.400. The largest absolute Gasteiger partial charge is 0.327 e. The van der Waals surface area contributed by atoms with Crippen molar-refractivity contribution in [2.75, 3.05) is 4.90 Å². The minimum absolute atomic E-state index is 0.247. The smallest absolute Gasteiger partial charge is 0.128 e. The molecule has 0 spiro atoms. The lowest BCUT2D eigenvalue weighted by Gasteiger charge is -2.23. The molecule has 0 aliphatic rings. The predicted octanol–water partition coefficient (Wildman–Crippen LogP) is 1.90. The van der Waals surface area contributed by atoms with Gasteiger partial charge in [0.2, 0.25) is 0 Å². The maximum Gasteiger partial charge on any atom is 0.128 e. The molecule has 0 aliphatic carbocycles. The zero-order chi connectivity index (χ0) is 9.84. The molecule has 1 aromatic rings. The summed E-state index contributed by atoms with van der Waals surface area (Å²) in [6, 6.07) is 0.247. The van der Waals surface area contributed by atoms with Gasteiger partial charge in [-0.3, -0.25) is 5.41 Å². The zero-order valence-electron chi connectivity index (χ0n) is 7.53. The molecule has 70 valence electrons. The van der Waals surface area contributed by atoms with Crippen molar-refractivity contribution in [3.63, 3.8) is 0 Å². The van der Waals surface area contributed by atoms with Crippen LogP contribution in [0, 0.1) is 9.11 Å². The van der Waals surface area contributed by atoms with Crippen molar-refractivity contribution in [3.8, 4) is 0 Å². The van der Waals surface area contributed by atoms with Crippen molar-refractivity contribution in [3.05, 3.63) is 16.2 Å². The number of rotatable bonds is 3. The first-order valence-corrected chi connectivity index (χ1v) is 4.99. The van der Waals surface area contributed by atoms with E-state index in [2.05, 4.69) is 32.6 Å². The van der Waals surface area contributed by atoms with E-state index in [0.717, 1.165) is 9.39 Å². The van der Waals surface area contributed by atoms with Crippen LogP contribution < -0.4 is 4.90 Å². The van der Waals surface area contributed by atoms with Crippen LogP contribution in [-0.4, -0.2) is 22.3 Å². The molecule has 1 N–H and O–H groups in total. The van der Waals surface area contributed by atoms with Gasteiger partial charge in [0, 0.05) is 6.04 Å². The maximum atomic E-state index is 7.27. The average Bonchev–Trinajstić information content (AvgIpc) is 2.09. The lowest BCUT2D eigenvalue weighted by atomic mass is 10.3. The number of halogens is 1. The van der Waals surface area contributed by atoms with Gasteiger partial charge in [-0.15, -0.1) is 0 Å². The van der Waals surface area contributed by atoms with Crippen LogP contribution in [0.5, 0.6) is 0 Å². The Morgan fingerprint density at radius 3 is 2.77 bits per heavy atom. The van der Waals surface area contributed by atoms with Gasteiger partial charge in [-0.05, 0) is 36.4 Å². The van der Waals surface area contributed by atoms with E-state index in [1.54, 1.807) is 6.20 Å². The molecule has 13 heavy (non-hydrogen) atoms. The standard InChI is InChI=1S/C8H11IN4/c1-6(2)13(4-10)7-3-11-5-12-8(7)9/h3-6,10H,1-2H3. The van der Waals surface area contributed by atoms with Crippen LogP contribution in [0.25, 0.3) is 0 Å². The average molecular weight is 290 g/mol. The third-order valence-electron chi connectivity index (χ3n) is 1.62. The number of anilines is 1. The fourth-order valence-electron chi connectivity index (χ4n) is 0.977. The van der Waals surface area contributed by atoms with Crippen molar-refractivity contribution in [2.45, 2.75) is 19.9 Å². The Kier molecular flexibility index (Phi) is 3.58. The van der Waals surface area contributed by atoms with Gasteiger partial charge in [-0.25, -0.2) is 9.97 Å². The SMILES string of the molecule is CC(C)N(C=N)c1cncnc1I. The highest BCUT2D eigenvalue weighted by molar-refractivity contribution is 14.1. The van der Waals surface area contributed by atoms with Crippen molar-refractivity contribution < 1.29 is 0 Å². The Hall–Kier alpha value is -0.720. The number of hydrogen-bond donors (Lipinski definition) is 1. The fourth-order valence-corrected chi connectivity index (χ4v) is 1.52. The third-order valence-corrected chi connectivity index (χ3v) is 2.45. The van der Waals surface area contributed by atoms with E-state index in [4.69, 9.17) is 5.41 Å². The first-order valence-electron chi connectivity index (χ1n) is 3.91. The Bertz CT molecular complexity index is 300. The normalized spacial score (nSPS) is 10.2. The van der Waals surface area contributed by atoms with E-state index in [1.807, 2.05) is 18.7 Å². The molecule has 0 saturated heterocycles. The van der Waals surface area contributed by atoms with E-state index >= 15 is 0 Å². The van der Waals surface area contributed by atoms with Crippen LogP contribution >= 0.6 is 22.6 Å². The Balaban J connectivity index is 3.04. The second-order valence-corrected chi connectivity index (χ2v) is 3.85. The molecule has 0 aromatic carbocycles. The molecule has 1 heterocycles. The predicted molar refractivity (Wildman–Crippen MR) is 61.1 cm³/mol. The zero-order valence-corrected chi connectivity index (χ0v) is 9.69. The molecule has 0 atom stereocenters. The topological polar surface area (TPSA) is 52.9 Å². The first-order chi connectivity index (χ1) is 6.16. The minimum atomic E-state index is 0.247. The van der Waals surface area contributed by atoms with Gasteiger partial charge in [0.1, 0.15) is 10.0 Å². The Morgan fingerprint density at radius 2 is 2.31 bits per heavy atom. The van der Waals surface area contributed by atoms with Crippen LogP contribution in [0.1, 0.15) is 13.8 Å². The third kappa shape index (κ3) is 2.36. The molecule has 0 aliphatic heterocycles. The summed E-state index contributed by atoms with van der Waals surface area (Å²) in [7, 11) is 0. The number of nitrogens with one attached hydrogen (secondary N) is 1. The minimum Gasteiger partial charge on any atom is -0.327 e. The lowest BCUT2D eigenvalue weighted by Crippen LogP contribution is -2.29. The number of hydrogen-bond acceptors (Lipinski definition) is 3. The van der Waals surface area contributed by atoms with Crippen LogP contribution in [0.3, 0.4) is 0 Å². The fraction of sp³-hybridized carbons (Fsp3) is 0.375. The van der Waals surface area contributed by atoms with Crippen LogP contribution in [-0.2, 0) is 0 Å². The van der Waals surface area contributed by atoms with Gasteiger partial charge in [-0.2, -0.15) is 0 Å². The van der Waals surface area contributed by atoms with Gasteiger partial charge in [0.05, 0.1) is 18.2 Å². The molecule has 0 amide bonds. The van der Waals surface area contributed by atoms with Crippen molar-refractivity contribution in [2.24, 2.45) is 0 Å². The van der Waals surface area contributed by atoms with Gasteiger partial charge in [0.25, 0.3) is 0 Å². The molecule has 1 aromatic heterocycles. The summed E-state index contributed by atoms with van der Waals surface area (Å²) >= 11 is 2.14. The summed E-state index contributed by atoms with van der Waals surface area (Å²) in [4.78, 5) is 9.82. The molecule has 0 fully saturated rings. The Morgan fingerprint density at radius 1 is 1.62 bits per heavy atom. The molecular formula is C8H11IN4. The monoisotopic (exact) mass is 290 g/mol. The van der Waals surface area contributed by atoms with Crippen LogP contribution in [0.2, 0.25) is 0 Å². The highest BCUT2D eigenvalue weighted by Gasteiger charge is 2.11. The lowest BCUT2D eigenvalue weighted by molar-refractivity contribution is 0.805. The van der Waals surface area contributed by atoms with E-state index in [-0.39, 0.29) is 6.04 Å². The van der Waals surface area contributed by atoms with E-state index in [9.17, 15) is 0 Å². The number of nitrogens with zero attached hydrogens (tertiary/aromatic N) is 3. The summed E-state index contributed by atoms with van der Waals surface area (Å²) in [6.45, 7) is 4.04. The van der Waals surface area contributed by atoms with E-state index in [0.29, 0.717) is 0 Å². The highest BCUT2D eigenvalue weighted by atomic mass is 127. The highest BCUT2D eigenvalue weighted by Crippen LogP contribution is 2.19. The van der Waals surface area contributed by atoms with E-state index < -0.39 is 0 Å². The molecule has 0 bridgehead atoms. The maximum absolute atomic E-state index is 7.27. The summed E-state index contributed by atoms with van der Waals surface area (Å²) in [6.07, 6.45) is 4.53. The van der Waals surface area contributed by atoms with Crippen LogP contribution in [0.4, 0.5) is 5.69 Å². The molecule has 0 radical (unpaired) electrons.